The molecule has 5 nitrogen and oxygen atoms in total. The highest BCUT2D eigenvalue weighted by Gasteiger charge is 2.11. The number of hydrogen-bond acceptors (Lipinski definition) is 4. The van der Waals surface area contributed by atoms with Crippen LogP contribution in [-0.4, -0.2) is 17.1 Å². The van der Waals surface area contributed by atoms with E-state index in [1.165, 1.54) is 6.21 Å². The van der Waals surface area contributed by atoms with Gasteiger partial charge in [-0.2, -0.15) is 5.10 Å². The molecule has 5 heteroatoms. The maximum Gasteiger partial charge on any atom is 0.275 e. The zero-order chi connectivity index (χ0) is 14.2. The monoisotopic (exact) mass is 269 g/mol. The topological polar surface area (TPSA) is 63.6 Å². The summed E-state index contributed by atoms with van der Waals surface area (Å²) < 4.78 is 5.65. The number of ether oxygens (including phenoxy) is 1. The van der Waals surface area contributed by atoms with E-state index in [0.29, 0.717) is 17.9 Å². The molecule has 0 aliphatic heterocycles. The lowest BCUT2D eigenvalue weighted by molar-refractivity contribution is 0.0950. The molecule has 1 aromatic carbocycles. The van der Waals surface area contributed by atoms with Gasteiger partial charge >= 0.3 is 0 Å². The molecule has 1 amide bonds. The van der Waals surface area contributed by atoms with Crippen LogP contribution in [0.5, 0.6) is 5.75 Å². The molecule has 0 aliphatic rings. The molecule has 0 saturated carbocycles. The Morgan fingerprint density at radius 3 is 2.85 bits per heavy atom. The summed E-state index contributed by atoms with van der Waals surface area (Å²) in [6, 6.07) is 12.6. The fourth-order valence-electron chi connectivity index (χ4n) is 1.60. The fraction of sp³-hybridized carbons (Fsp3) is 0.133. The van der Waals surface area contributed by atoms with Gasteiger partial charge in [-0.25, -0.2) is 5.43 Å². The van der Waals surface area contributed by atoms with E-state index in [2.05, 4.69) is 15.5 Å². The molecule has 0 atom stereocenters. The molecule has 20 heavy (non-hydrogen) atoms. The first-order chi connectivity index (χ1) is 9.81. The van der Waals surface area contributed by atoms with Crippen LogP contribution in [0.25, 0.3) is 0 Å². The largest absolute Gasteiger partial charge is 0.486 e. The minimum Gasteiger partial charge on any atom is -0.486 e. The molecule has 2 rings (SSSR count). The molecule has 1 N–H and O–H groups in total. The van der Waals surface area contributed by atoms with Gasteiger partial charge in [-0.05, 0) is 31.2 Å². The summed E-state index contributed by atoms with van der Waals surface area (Å²) in [4.78, 5) is 16.1. The summed E-state index contributed by atoms with van der Waals surface area (Å²) in [5.41, 5.74) is 3.66. The van der Waals surface area contributed by atoms with Crippen molar-refractivity contribution in [2.24, 2.45) is 5.10 Å². The van der Waals surface area contributed by atoms with E-state index in [4.69, 9.17) is 4.74 Å². The SMILES string of the molecule is C/C=N\NC(=O)c1ccccc1OCc1ccccn1. The second kappa shape index (κ2) is 7.04. The van der Waals surface area contributed by atoms with Crippen molar-refractivity contribution in [2.45, 2.75) is 13.5 Å². The average Bonchev–Trinajstić information content (AvgIpc) is 2.52. The number of amides is 1. The van der Waals surface area contributed by atoms with Crippen LogP contribution in [-0.2, 0) is 6.61 Å². The van der Waals surface area contributed by atoms with Gasteiger partial charge in [-0.15, -0.1) is 0 Å². The third-order valence-electron chi connectivity index (χ3n) is 2.53. The van der Waals surface area contributed by atoms with Crippen molar-refractivity contribution in [3.63, 3.8) is 0 Å². The summed E-state index contributed by atoms with van der Waals surface area (Å²) in [5.74, 6) is 0.196. The van der Waals surface area contributed by atoms with E-state index in [1.807, 2.05) is 24.3 Å². The normalized spacial score (nSPS) is 10.4. The van der Waals surface area contributed by atoms with E-state index >= 15 is 0 Å². The van der Waals surface area contributed by atoms with Crippen molar-refractivity contribution in [2.75, 3.05) is 0 Å². The Bertz CT molecular complexity index is 597. The number of carbonyl (C=O) groups is 1. The van der Waals surface area contributed by atoms with Crippen molar-refractivity contribution in [1.29, 1.82) is 0 Å². The number of rotatable bonds is 5. The Labute approximate surface area is 117 Å². The van der Waals surface area contributed by atoms with Crippen LogP contribution in [0, 0.1) is 0 Å². The number of benzene rings is 1. The predicted octanol–water partition coefficient (Wildman–Crippen LogP) is 2.40. The molecular formula is C15H15N3O2. The fourth-order valence-corrected chi connectivity index (χ4v) is 1.60. The van der Waals surface area contributed by atoms with Gasteiger partial charge in [0, 0.05) is 12.4 Å². The van der Waals surface area contributed by atoms with Gasteiger partial charge in [0.2, 0.25) is 0 Å². The van der Waals surface area contributed by atoms with Crippen LogP contribution in [0.4, 0.5) is 0 Å². The molecule has 0 unspecified atom stereocenters. The van der Waals surface area contributed by atoms with Gasteiger partial charge in [-0.1, -0.05) is 18.2 Å². The predicted molar refractivity (Wildman–Crippen MR) is 76.6 cm³/mol. The number of nitrogens with one attached hydrogen (secondary N) is 1. The number of pyridine rings is 1. The summed E-state index contributed by atoms with van der Waals surface area (Å²) in [5, 5.41) is 3.72. The Morgan fingerprint density at radius 1 is 1.30 bits per heavy atom. The van der Waals surface area contributed by atoms with Gasteiger partial charge in [0.15, 0.2) is 0 Å². The lowest BCUT2D eigenvalue weighted by Gasteiger charge is -2.09. The molecule has 1 aromatic heterocycles. The summed E-state index contributed by atoms with van der Waals surface area (Å²) in [7, 11) is 0. The Hall–Kier alpha value is -2.69. The first-order valence-electron chi connectivity index (χ1n) is 6.21. The quantitative estimate of drug-likeness (QED) is 0.669. The maximum atomic E-state index is 11.9. The first kappa shape index (κ1) is 13.7. The van der Waals surface area contributed by atoms with Crippen molar-refractivity contribution >= 4 is 12.1 Å². The van der Waals surface area contributed by atoms with Gasteiger partial charge in [0.25, 0.3) is 5.91 Å². The number of carbonyl (C=O) groups excluding carboxylic acids is 1. The lowest BCUT2D eigenvalue weighted by atomic mass is 10.2. The Kier molecular flexibility index (Phi) is 4.83. The molecule has 0 spiro atoms. The van der Waals surface area contributed by atoms with Crippen molar-refractivity contribution in [1.82, 2.24) is 10.4 Å². The number of hydrazone groups is 1. The molecule has 0 radical (unpaired) electrons. The van der Waals surface area contributed by atoms with Crippen LogP contribution in [0.15, 0.2) is 53.8 Å². The van der Waals surface area contributed by atoms with Crippen LogP contribution >= 0.6 is 0 Å². The van der Waals surface area contributed by atoms with Crippen LogP contribution in [0.1, 0.15) is 23.0 Å². The van der Waals surface area contributed by atoms with E-state index in [9.17, 15) is 4.79 Å². The highest BCUT2D eigenvalue weighted by molar-refractivity contribution is 5.96. The highest BCUT2D eigenvalue weighted by Crippen LogP contribution is 2.18. The van der Waals surface area contributed by atoms with Gasteiger partial charge in [0.1, 0.15) is 12.4 Å². The van der Waals surface area contributed by atoms with Crippen molar-refractivity contribution in [3.8, 4) is 5.75 Å². The van der Waals surface area contributed by atoms with E-state index in [0.717, 1.165) is 5.69 Å². The van der Waals surface area contributed by atoms with Crippen molar-refractivity contribution < 1.29 is 9.53 Å². The van der Waals surface area contributed by atoms with E-state index in [-0.39, 0.29) is 5.91 Å². The summed E-state index contributed by atoms with van der Waals surface area (Å²) in [6.45, 7) is 2.03. The smallest absolute Gasteiger partial charge is 0.275 e. The second-order valence-electron chi connectivity index (χ2n) is 3.93. The third kappa shape index (κ3) is 3.65. The van der Waals surface area contributed by atoms with Gasteiger partial charge < -0.3 is 4.74 Å². The molecule has 1 heterocycles. The Morgan fingerprint density at radius 2 is 2.10 bits per heavy atom. The number of nitrogens with zero attached hydrogens (tertiary/aromatic N) is 2. The van der Waals surface area contributed by atoms with Crippen LogP contribution in [0.2, 0.25) is 0 Å². The van der Waals surface area contributed by atoms with Crippen molar-refractivity contribution in [3.05, 3.63) is 59.9 Å². The van der Waals surface area contributed by atoms with Gasteiger partial charge in [-0.3, -0.25) is 9.78 Å². The maximum absolute atomic E-state index is 11.9. The molecule has 102 valence electrons. The molecule has 2 aromatic rings. The van der Waals surface area contributed by atoms with Gasteiger partial charge in [0.05, 0.1) is 11.3 Å². The zero-order valence-corrected chi connectivity index (χ0v) is 11.1. The molecule has 0 bridgehead atoms. The molecular weight excluding hydrogens is 254 g/mol. The van der Waals surface area contributed by atoms with E-state index in [1.54, 1.807) is 31.3 Å². The summed E-state index contributed by atoms with van der Waals surface area (Å²) in [6.07, 6.45) is 3.21. The first-order valence-corrected chi connectivity index (χ1v) is 6.21. The highest BCUT2D eigenvalue weighted by atomic mass is 16.5. The van der Waals surface area contributed by atoms with Crippen LogP contribution < -0.4 is 10.2 Å². The number of para-hydroxylation sites is 1. The average molecular weight is 269 g/mol. The standard InChI is InChI=1S/C15H15N3O2/c1-2-17-18-15(19)13-8-3-4-9-14(13)20-11-12-7-5-6-10-16-12/h2-10H,11H2,1H3,(H,18,19)/b17-2-. The minimum atomic E-state index is -0.306. The molecule has 0 fully saturated rings. The Balaban J connectivity index is 2.10. The third-order valence-corrected chi connectivity index (χ3v) is 2.53. The number of hydrogen-bond donors (Lipinski definition) is 1. The zero-order valence-electron chi connectivity index (χ0n) is 11.1. The second-order valence-corrected chi connectivity index (χ2v) is 3.93. The summed E-state index contributed by atoms with van der Waals surface area (Å²) >= 11 is 0. The number of aromatic nitrogens is 1. The van der Waals surface area contributed by atoms with Crippen LogP contribution in [0.3, 0.4) is 0 Å². The molecule has 0 saturated heterocycles. The molecule has 0 aliphatic carbocycles. The van der Waals surface area contributed by atoms with E-state index < -0.39 is 0 Å². The minimum absolute atomic E-state index is 0.306. The lowest BCUT2D eigenvalue weighted by Crippen LogP contribution is -2.18.